The van der Waals surface area contributed by atoms with Crippen LogP contribution >= 0.6 is 12.2 Å². The van der Waals surface area contributed by atoms with Gasteiger partial charge in [-0.2, -0.15) is 0 Å². The SMILES string of the molecule is O=C(C[C@@H]1C(=O)N(Cc2ccccc2)C(=S)N1CCc1ccccc1)Nc1ccc(F)cc1. The van der Waals surface area contributed by atoms with Crippen LogP contribution in [0.1, 0.15) is 17.5 Å². The van der Waals surface area contributed by atoms with E-state index >= 15 is 0 Å². The van der Waals surface area contributed by atoms with E-state index in [1.54, 1.807) is 4.90 Å². The fourth-order valence-corrected chi connectivity index (χ4v) is 4.24. The molecule has 0 bridgehead atoms. The maximum absolute atomic E-state index is 13.3. The summed E-state index contributed by atoms with van der Waals surface area (Å²) in [6.45, 7) is 0.880. The maximum Gasteiger partial charge on any atom is 0.252 e. The second-order valence-electron chi connectivity index (χ2n) is 7.90. The zero-order valence-electron chi connectivity index (χ0n) is 18.0. The standard InChI is InChI=1S/C26H24FN3O2S/c27-21-11-13-22(14-12-21)28-24(31)17-23-25(32)30(18-20-9-5-2-6-10-20)26(33)29(23)16-15-19-7-3-1-4-8-19/h1-14,23H,15-18H2,(H,28,31)/t23-/m1/s1. The Kier molecular flexibility index (Phi) is 7.10. The Bertz CT molecular complexity index is 1120. The minimum absolute atomic E-state index is 0.0452. The van der Waals surface area contributed by atoms with Crippen molar-refractivity contribution in [1.82, 2.24) is 9.80 Å². The Morgan fingerprint density at radius 2 is 1.52 bits per heavy atom. The molecule has 5 nitrogen and oxygen atoms in total. The van der Waals surface area contributed by atoms with E-state index < -0.39 is 6.04 Å². The van der Waals surface area contributed by atoms with Crippen LogP contribution in [0.5, 0.6) is 0 Å². The Hall–Kier alpha value is -3.58. The molecule has 0 aromatic heterocycles. The number of benzene rings is 3. The zero-order valence-corrected chi connectivity index (χ0v) is 18.8. The van der Waals surface area contributed by atoms with E-state index in [1.807, 2.05) is 65.6 Å². The van der Waals surface area contributed by atoms with Gasteiger partial charge in [0.15, 0.2) is 5.11 Å². The number of thiocarbonyl (C=S) groups is 1. The van der Waals surface area contributed by atoms with Gasteiger partial charge in [-0.05, 0) is 54.0 Å². The van der Waals surface area contributed by atoms with Crippen molar-refractivity contribution in [3.8, 4) is 0 Å². The molecule has 33 heavy (non-hydrogen) atoms. The molecular formula is C26H24FN3O2S. The molecule has 4 rings (SSSR count). The van der Waals surface area contributed by atoms with Crippen molar-refractivity contribution in [3.63, 3.8) is 0 Å². The second-order valence-corrected chi connectivity index (χ2v) is 8.26. The van der Waals surface area contributed by atoms with Crippen molar-refractivity contribution >= 4 is 34.8 Å². The predicted molar refractivity (Wildman–Crippen MR) is 130 cm³/mol. The summed E-state index contributed by atoms with van der Waals surface area (Å²) in [5, 5.41) is 3.17. The van der Waals surface area contributed by atoms with Crippen LogP contribution in [-0.4, -0.2) is 39.3 Å². The van der Waals surface area contributed by atoms with Gasteiger partial charge in [0.05, 0.1) is 13.0 Å². The highest BCUT2D eigenvalue weighted by Crippen LogP contribution is 2.24. The highest BCUT2D eigenvalue weighted by Gasteiger charge is 2.43. The van der Waals surface area contributed by atoms with Gasteiger partial charge >= 0.3 is 0 Å². The molecule has 0 spiro atoms. The van der Waals surface area contributed by atoms with Crippen LogP contribution in [0.4, 0.5) is 10.1 Å². The molecule has 168 valence electrons. The van der Waals surface area contributed by atoms with Crippen LogP contribution < -0.4 is 5.32 Å². The van der Waals surface area contributed by atoms with Gasteiger partial charge in [0, 0.05) is 12.2 Å². The number of amides is 2. The van der Waals surface area contributed by atoms with Gasteiger partial charge in [-0.3, -0.25) is 14.5 Å². The largest absolute Gasteiger partial charge is 0.336 e. The van der Waals surface area contributed by atoms with Crippen LogP contribution in [0.15, 0.2) is 84.9 Å². The Morgan fingerprint density at radius 1 is 0.909 bits per heavy atom. The summed E-state index contributed by atoms with van der Waals surface area (Å²) in [6.07, 6.45) is 0.653. The molecule has 1 heterocycles. The first kappa shape index (κ1) is 22.6. The molecule has 1 aliphatic rings. The van der Waals surface area contributed by atoms with E-state index in [2.05, 4.69) is 5.32 Å². The summed E-state index contributed by atoms with van der Waals surface area (Å²) in [4.78, 5) is 29.5. The molecule has 3 aromatic rings. The molecule has 0 aliphatic carbocycles. The Labute approximate surface area is 197 Å². The van der Waals surface area contributed by atoms with Crippen molar-refractivity contribution in [3.05, 3.63) is 102 Å². The molecule has 0 unspecified atom stereocenters. The zero-order chi connectivity index (χ0) is 23.2. The lowest BCUT2D eigenvalue weighted by Crippen LogP contribution is -2.39. The number of hydrogen-bond donors (Lipinski definition) is 1. The van der Waals surface area contributed by atoms with E-state index in [0.29, 0.717) is 30.3 Å². The summed E-state index contributed by atoms with van der Waals surface area (Å²) in [7, 11) is 0. The smallest absolute Gasteiger partial charge is 0.252 e. The van der Waals surface area contributed by atoms with Crippen LogP contribution in [0.25, 0.3) is 0 Å². The number of hydrogen-bond acceptors (Lipinski definition) is 3. The number of rotatable bonds is 8. The lowest BCUT2D eigenvalue weighted by atomic mass is 10.1. The first-order valence-corrected chi connectivity index (χ1v) is 11.2. The number of carbonyl (C=O) groups excluding carboxylic acids is 2. The van der Waals surface area contributed by atoms with Crippen molar-refractivity contribution in [2.24, 2.45) is 0 Å². The molecule has 1 fully saturated rings. The van der Waals surface area contributed by atoms with E-state index in [9.17, 15) is 14.0 Å². The molecule has 2 amide bonds. The first-order chi connectivity index (χ1) is 16.0. The fourth-order valence-electron chi connectivity index (χ4n) is 3.87. The molecule has 3 aromatic carbocycles. The number of nitrogens with zero attached hydrogens (tertiary/aromatic N) is 2. The van der Waals surface area contributed by atoms with Crippen molar-refractivity contribution in [1.29, 1.82) is 0 Å². The van der Waals surface area contributed by atoms with Gasteiger partial charge in [0.2, 0.25) is 5.91 Å². The van der Waals surface area contributed by atoms with Crippen molar-refractivity contribution in [2.45, 2.75) is 25.4 Å². The highest BCUT2D eigenvalue weighted by molar-refractivity contribution is 7.80. The average molecular weight is 462 g/mol. The van der Waals surface area contributed by atoms with Gasteiger partial charge in [0.1, 0.15) is 11.9 Å². The topological polar surface area (TPSA) is 52.7 Å². The highest BCUT2D eigenvalue weighted by atomic mass is 32.1. The quantitative estimate of drug-likeness (QED) is 0.506. The average Bonchev–Trinajstić information content (AvgIpc) is 3.04. The third-order valence-electron chi connectivity index (χ3n) is 5.58. The molecule has 1 saturated heterocycles. The minimum atomic E-state index is -0.689. The maximum atomic E-state index is 13.3. The lowest BCUT2D eigenvalue weighted by molar-refractivity contribution is -0.131. The van der Waals surface area contributed by atoms with Gasteiger partial charge < -0.3 is 10.2 Å². The van der Waals surface area contributed by atoms with Gasteiger partial charge in [0.25, 0.3) is 5.91 Å². The van der Waals surface area contributed by atoms with E-state index in [0.717, 1.165) is 11.1 Å². The normalized spacial score (nSPS) is 15.7. The number of anilines is 1. The summed E-state index contributed by atoms with van der Waals surface area (Å²) in [5.74, 6) is -0.895. The first-order valence-electron chi connectivity index (χ1n) is 10.8. The molecule has 0 radical (unpaired) electrons. The molecule has 1 atom stereocenters. The molecular weight excluding hydrogens is 437 g/mol. The van der Waals surface area contributed by atoms with Gasteiger partial charge in [-0.15, -0.1) is 0 Å². The molecule has 0 saturated carbocycles. The van der Waals surface area contributed by atoms with E-state index in [-0.39, 0.29) is 24.1 Å². The third-order valence-corrected chi connectivity index (χ3v) is 6.03. The van der Waals surface area contributed by atoms with Crippen molar-refractivity contribution in [2.75, 3.05) is 11.9 Å². The molecule has 1 N–H and O–H groups in total. The summed E-state index contributed by atoms with van der Waals surface area (Å²) in [6, 6.07) is 24.4. The Balaban J connectivity index is 1.50. The predicted octanol–water partition coefficient (Wildman–Crippen LogP) is 4.39. The minimum Gasteiger partial charge on any atom is -0.336 e. The van der Waals surface area contributed by atoms with Gasteiger partial charge in [-0.1, -0.05) is 60.7 Å². The summed E-state index contributed by atoms with van der Waals surface area (Å²) >= 11 is 5.69. The third kappa shape index (κ3) is 5.62. The summed E-state index contributed by atoms with van der Waals surface area (Å²) < 4.78 is 13.2. The van der Waals surface area contributed by atoms with Crippen LogP contribution in [0, 0.1) is 5.82 Å². The second kappa shape index (κ2) is 10.4. The van der Waals surface area contributed by atoms with E-state index in [4.69, 9.17) is 12.2 Å². The number of halogens is 1. The Morgan fingerprint density at radius 3 is 2.15 bits per heavy atom. The summed E-state index contributed by atoms with van der Waals surface area (Å²) in [5.41, 5.74) is 2.57. The monoisotopic (exact) mass is 461 g/mol. The fraction of sp³-hybridized carbons (Fsp3) is 0.192. The van der Waals surface area contributed by atoms with Crippen LogP contribution in [-0.2, 0) is 22.6 Å². The lowest BCUT2D eigenvalue weighted by Gasteiger charge is -2.24. The van der Waals surface area contributed by atoms with Crippen LogP contribution in [0.2, 0.25) is 0 Å². The van der Waals surface area contributed by atoms with Crippen LogP contribution in [0.3, 0.4) is 0 Å². The van der Waals surface area contributed by atoms with Crippen molar-refractivity contribution < 1.29 is 14.0 Å². The van der Waals surface area contributed by atoms with E-state index in [1.165, 1.54) is 24.3 Å². The van der Waals surface area contributed by atoms with Gasteiger partial charge in [-0.25, -0.2) is 4.39 Å². The molecule has 1 aliphatic heterocycles. The number of nitrogens with one attached hydrogen (secondary N) is 1. The molecule has 7 heteroatoms. The number of carbonyl (C=O) groups is 2.